The minimum Gasteiger partial charge on any atom is -0.462 e. The second-order valence-corrected chi connectivity index (χ2v) is 18.3. The van der Waals surface area contributed by atoms with E-state index in [4.69, 9.17) is 4.74 Å². The molecule has 0 aromatic rings. The number of carbonyl (C=O) groups is 2. The van der Waals surface area contributed by atoms with Crippen LogP contribution in [0.2, 0.25) is 0 Å². The zero-order valence-electron chi connectivity index (χ0n) is 40.8. The van der Waals surface area contributed by atoms with Gasteiger partial charge in [0.2, 0.25) is 5.91 Å². The van der Waals surface area contributed by atoms with Gasteiger partial charge in [-0.15, -0.1) is 0 Å². The van der Waals surface area contributed by atoms with Gasteiger partial charge in [-0.3, -0.25) is 9.59 Å². The lowest BCUT2D eigenvalue weighted by Gasteiger charge is -2.24. The lowest BCUT2D eigenvalue weighted by molar-refractivity contribution is -0.151. The maximum Gasteiger partial charge on any atom is 0.306 e. The molecule has 3 N–H and O–H groups in total. The highest BCUT2D eigenvalue weighted by atomic mass is 16.5. The van der Waals surface area contributed by atoms with E-state index in [0.29, 0.717) is 19.3 Å². The van der Waals surface area contributed by atoms with Crippen molar-refractivity contribution < 1.29 is 24.5 Å². The number of amides is 1. The summed E-state index contributed by atoms with van der Waals surface area (Å²) in [6.45, 7) is 6.45. The van der Waals surface area contributed by atoms with E-state index in [0.717, 1.165) is 83.5 Å². The molecule has 0 saturated heterocycles. The normalized spacial score (nSPS) is 13.5. The predicted molar refractivity (Wildman–Crippen MR) is 264 cm³/mol. The number of aliphatic hydroxyl groups is 2. The minimum atomic E-state index is -0.794. The fraction of sp³-hybridized carbons (Fsp3) is 0.855. The number of hydrogen-bond acceptors (Lipinski definition) is 5. The molecule has 3 atom stereocenters. The Morgan fingerprint density at radius 2 is 0.836 bits per heavy atom. The Balaban J connectivity index is 4.56. The number of rotatable bonds is 48. The molecule has 0 fully saturated rings. The predicted octanol–water partition coefficient (Wildman–Crippen LogP) is 16.1. The van der Waals surface area contributed by atoms with Gasteiger partial charge in [-0.05, 0) is 77.0 Å². The molecule has 6 nitrogen and oxygen atoms in total. The first-order valence-corrected chi connectivity index (χ1v) is 26.7. The molecule has 0 heterocycles. The van der Waals surface area contributed by atoms with Crippen LogP contribution in [0, 0.1) is 0 Å². The van der Waals surface area contributed by atoms with Crippen molar-refractivity contribution in [2.24, 2.45) is 0 Å². The van der Waals surface area contributed by atoms with Gasteiger partial charge in [-0.1, -0.05) is 224 Å². The standard InChI is InChI=1S/C55H103NO5/c1-4-7-10-13-16-19-22-25-26-27-30-32-35-38-41-44-47-53(58)52(50-57)56-54(59)49-51(46-43-40-37-34-31-28-23-20-17-14-11-8-5-2)61-55(60)48-45-42-39-36-33-29-24-21-18-15-12-9-6-3/h17,20,23,28-29,33,51-53,57-58H,4-16,18-19,21-22,24-27,30-32,34-50H2,1-3H3,(H,56,59)/b20-17+,28-23+,33-29-. The molecule has 0 saturated carbocycles. The van der Waals surface area contributed by atoms with Gasteiger partial charge < -0.3 is 20.3 Å². The van der Waals surface area contributed by atoms with Crippen LogP contribution in [0.25, 0.3) is 0 Å². The Bertz CT molecular complexity index is 1010. The molecule has 0 aromatic carbocycles. The lowest BCUT2D eigenvalue weighted by atomic mass is 10.0. The summed E-state index contributed by atoms with van der Waals surface area (Å²) in [5.41, 5.74) is 0. The highest BCUT2D eigenvalue weighted by Gasteiger charge is 2.24. The smallest absolute Gasteiger partial charge is 0.306 e. The van der Waals surface area contributed by atoms with Gasteiger partial charge in [0.1, 0.15) is 6.10 Å². The van der Waals surface area contributed by atoms with Crippen LogP contribution in [-0.4, -0.2) is 46.9 Å². The molecular formula is C55H103NO5. The Kier molecular flexibility index (Phi) is 47.6. The van der Waals surface area contributed by atoms with E-state index in [2.05, 4.69) is 62.5 Å². The first-order valence-electron chi connectivity index (χ1n) is 26.7. The maximum atomic E-state index is 13.2. The van der Waals surface area contributed by atoms with Crippen LogP contribution < -0.4 is 5.32 Å². The summed E-state index contributed by atoms with van der Waals surface area (Å²) in [7, 11) is 0. The zero-order chi connectivity index (χ0) is 44.5. The van der Waals surface area contributed by atoms with Crippen molar-refractivity contribution in [2.45, 2.75) is 296 Å². The van der Waals surface area contributed by atoms with Crippen LogP contribution in [0.15, 0.2) is 36.5 Å². The van der Waals surface area contributed by atoms with Crippen LogP contribution in [0.4, 0.5) is 0 Å². The SMILES string of the molecule is CCCCC/C=C/C=C/CCCCCCC(CC(=O)NC(CO)C(O)CCCCCCCCCCCCCCCCCC)OC(=O)CCCCC/C=C\CCCCCCCC. The number of aliphatic hydroxyl groups excluding tert-OH is 2. The number of esters is 1. The Morgan fingerprint density at radius 1 is 0.475 bits per heavy atom. The monoisotopic (exact) mass is 858 g/mol. The van der Waals surface area contributed by atoms with Crippen LogP contribution in [0.3, 0.4) is 0 Å². The van der Waals surface area contributed by atoms with Crippen molar-refractivity contribution >= 4 is 11.9 Å². The fourth-order valence-corrected chi connectivity index (χ4v) is 8.12. The molecular weight excluding hydrogens is 755 g/mol. The average Bonchev–Trinajstić information content (AvgIpc) is 3.25. The summed E-state index contributed by atoms with van der Waals surface area (Å²) in [6, 6.07) is -0.709. The summed E-state index contributed by atoms with van der Waals surface area (Å²) < 4.78 is 5.92. The van der Waals surface area contributed by atoms with Gasteiger partial charge >= 0.3 is 5.97 Å². The van der Waals surface area contributed by atoms with Crippen molar-refractivity contribution in [2.75, 3.05) is 6.61 Å². The Hall–Kier alpha value is -1.92. The molecule has 0 aliphatic carbocycles. The molecule has 0 spiro atoms. The topological polar surface area (TPSA) is 95.9 Å². The van der Waals surface area contributed by atoms with E-state index >= 15 is 0 Å². The van der Waals surface area contributed by atoms with Crippen LogP contribution >= 0.6 is 0 Å². The van der Waals surface area contributed by atoms with Gasteiger partial charge in [-0.2, -0.15) is 0 Å². The van der Waals surface area contributed by atoms with Gasteiger partial charge in [0.05, 0.1) is 25.2 Å². The number of unbranched alkanes of at least 4 members (excludes halogenated alkanes) is 31. The second-order valence-electron chi connectivity index (χ2n) is 18.3. The largest absolute Gasteiger partial charge is 0.462 e. The zero-order valence-corrected chi connectivity index (χ0v) is 40.8. The molecule has 358 valence electrons. The van der Waals surface area contributed by atoms with Crippen molar-refractivity contribution in [3.8, 4) is 0 Å². The molecule has 61 heavy (non-hydrogen) atoms. The van der Waals surface area contributed by atoms with E-state index in [1.807, 2.05) is 0 Å². The van der Waals surface area contributed by atoms with E-state index in [9.17, 15) is 19.8 Å². The summed E-state index contributed by atoms with van der Waals surface area (Å²) in [5.74, 6) is -0.505. The van der Waals surface area contributed by atoms with Crippen LogP contribution in [-0.2, 0) is 14.3 Å². The fourth-order valence-electron chi connectivity index (χ4n) is 8.12. The van der Waals surface area contributed by atoms with Crippen LogP contribution in [0.5, 0.6) is 0 Å². The first-order chi connectivity index (χ1) is 30.0. The molecule has 0 aliphatic heterocycles. The van der Waals surface area contributed by atoms with E-state index in [-0.39, 0.29) is 24.9 Å². The van der Waals surface area contributed by atoms with Crippen molar-refractivity contribution in [3.05, 3.63) is 36.5 Å². The minimum absolute atomic E-state index is 0.0603. The molecule has 0 bridgehead atoms. The molecule has 0 rings (SSSR count). The average molecular weight is 858 g/mol. The third-order valence-electron chi connectivity index (χ3n) is 12.2. The molecule has 6 heteroatoms. The first kappa shape index (κ1) is 59.1. The number of hydrogen-bond donors (Lipinski definition) is 3. The molecule has 1 amide bonds. The van der Waals surface area contributed by atoms with Gasteiger partial charge in [0.25, 0.3) is 0 Å². The highest BCUT2D eigenvalue weighted by Crippen LogP contribution is 2.18. The van der Waals surface area contributed by atoms with Crippen molar-refractivity contribution in [3.63, 3.8) is 0 Å². The maximum absolute atomic E-state index is 13.2. The second kappa shape index (κ2) is 49.1. The van der Waals surface area contributed by atoms with E-state index < -0.39 is 18.2 Å². The summed E-state index contributed by atoms with van der Waals surface area (Å²) in [4.78, 5) is 26.1. The summed E-state index contributed by atoms with van der Waals surface area (Å²) >= 11 is 0. The highest BCUT2D eigenvalue weighted by molar-refractivity contribution is 5.77. The Morgan fingerprint density at radius 3 is 1.30 bits per heavy atom. The number of ether oxygens (including phenoxy) is 1. The lowest BCUT2D eigenvalue weighted by Crippen LogP contribution is -2.46. The van der Waals surface area contributed by atoms with Gasteiger partial charge in [-0.25, -0.2) is 0 Å². The number of nitrogens with one attached hydrogen (secondary N) is 1. The Labute approximate surface area is 379 Å². The number of allylic oxidation sites excluding steroid dienone is 6. The van der Waals surface area contributed by atoms with Gasteiger partial charge in [0.15, 0.2) is 0 Å². The molecule has 0 aliphatic rings. The summed E-state index contributed by atoms with van der Waals surface area (Å²) in [6.07, 6.45) is 57.7. The molecule has 0 aromatic heterocycles. The van der Waals surface area contributed by atoms with E-state index in [1.54, 1.807) is 0 Å². The molecule has 0 radical (unpaired) electrons. The number of carbonyl (C=O) groups excluding carboxylic acids is 2. The quantitative estimate of drug-likeness (QED) is 0.0245. The van der Waals surface area contributed by atoms with Gasteiger partial charge in [0, 0.05) is 6.42 Å². The third-order valence-corrected chi connectivity index (χ3v) is 12.2. The molecule has 3 unspecified atom stereocenters. The van der Waals surface area contributed by atoms with E-state index in [1.165, 1.54) is 148 Å². The summed E-state index contributed by atoms with van der Waals surface area (Å²) in [5, 5.41) is 23.8. The van der Waals surface area contributed by atoms with Crippen molar-refractivity contribution in [1.82, 2.24) is 5.32 Å². The van der Waals surface area contributed by atoms with Crippen molar-refractivity contribution in [1.29, 1.82) is 0 Å². The van der Waals surface area contributed by atoms with Crippen LogP contribution in [0.1, 0.15) is 278 Å². The third kappa shape index (κ3) is 44.5.